The van der Waals surface area contributed by atoms with E-state index in [4.69, 9.17) is 0 Å². The van der Waals surface area contributed by atoms with Crippen LogP contribution < -0.4 is 0 Å². The quantitative estimate of drug-likeness (QED) is 0.404. The van der Waals surface area contributed by atoms with E-state index in [2.05, 4.69) is 79.5 Å². The predicted molar refractivity (Wildman–Crippen MR) is 95.2 cm³/mol. The van der Waals surface area contributed by atoms with Gasteiger partial charge in [-0.15, -0.1) is 0 Å². The summed E-state index contributed by atoms with van der Waals surface area (Å²) in [5, 5.41) is 5.15. The summed E-state index contributed by atoms with van der Waals surface area (Å²) >= 11 is 0. The summed E-state index contributed by atoms with van der Waals surface area (Å²) in [4.78, 5) is 4.11. The van der Waals surface area contributed by atoms with Gasteiger partial charge in [0.05, 0.1) is 0 Å². The Morgan fingerprint density at radius 1 is 0.636 bits per heavy atom. The molecular weight excluding hydrogens is 266 g/mol. The molecule has 4 rings (SSSR count). The molecule has 0 aliphatic heterocycles. The van der Waals surface area contributed by atoms with E-state index in [0.29, 0.717) is 0 Å². The van der Waals surface area contributed by atoms with Gasteiger partial charge in [-0.25, -0.2) is 0 Å². The summed E-state index contributed by atoms with van der Waals surface area (Å²) in [5.74, 6) is 0. The Hall–Kier alpha value is -2.67. The molecule has 4 aromatic rings. The first-order valence-electron chi connectivity index (χ1n) is 7.49. The summed E-state index contributed by atoms with van der Waals surface area (Å²) < 4.78 is 0. The predicted octanol–water partition coefficient (Wildman–Crippen LogP) is 5.69. The van der Waals surface area contributed by atoms with E-state index in [0.717, 1.165) is 0 Å². The standard InChI is InChI=1S/C11H10.C10H9N/c1-9-6-7-10-4-2-3-5-11(10)8-9;1-8-6-11-7-9-4-2-3-5-10(8)9/h2-8H,1H3;2-7H,1H3. The van der Waals surface area contributed by atoms with Crippen LogP contribution in [0.15, 0.2) is 79.1 Å². The van der Waals surface area contributed by atoms with Gasteiger partial charge in [-0.05, 0) is 35.6 Å². The third-order valence-electron chi connectivity index (χ3n) is 3.77. The third kappa shape index (κ3) is 3.15. The highest BCUT2D eigenvalue weighted by Crippen LogP contribution is 2.15. The lowest BCUT2D eigenvalue weighted by Gasteiger charge is -1.98. The van der Waals surface area contributed by atoms with E-state index in [1.807, 2.05) is 18.5 Å². The average molecular weight is 285 g/mol. The number of pyridine rings is 1. The van der Waals surface area contributed by atoms with Gasteiger partial charge in [0, 0.05) is 17.8 Å². The molecule has 3 aromatic carbocycles. The molecule has 0 unspecified atom stereocenters. The van der Waals surface area contributed by atoms with E-state index < -0.39 is 0 Å². The van der Waals surface area contributed by atoms with Crippen molar-refractivity contribution in [1.82, 2.24) is 4.98 Å². The number of fused-ring (bicyclic) bond motifs is 2. The van der Waals surface area contributed by atoms with Gasteiger partial charge in [-0.3, -0.25) is 4.98 Å². The van der Waals surface area contributed by atoms with E-state index in [-0.39, 0.29) is 0 Å². The Kier molecular flexibility index (Phi) is 4.15. The first kappa shape index (κ1) is 14.3. The van der Waals surface area contributed by atoms with Crippen LogP contribution in [0.4, 0.5) is 0 Å². The Morgan fingerprint density at radius 2 is 1.32 bits per heavy atom. The molecule has 108 valence electrons. The van der Waals surface area contributed by atoms with Crippen LogP contribution in [0.1, 0.15) is 11.1 Å². The maximum absolute atomic E-state index is 4.11. The van der Waals surface area contributed by atoms with Gasteiger partial charge in [0.1, 0.15) is 0 Å². The lowest BCUT2D eigenvalue weighted by Crippen LogP contribution is -1.79. The SMILES string of the molecule is Cc1ccc2ccccc2c1.Cc1cncc2ccccc12. The lowest BCUT2D eigenvalue weighted by molar-refractivity contribution is 1.31. The van der Waals surface area contributed by atoms with Crippen LogP contribution >= 0.6 is 0 Å². The van der Waals surface area contributed by atoms with Gasteiger partial charge in [0.2, 0.25) is 0 Å². The molecule has 1 heterocycles. The van der Waals surface area contributed by atoms with Crippen molar-refractivity contribution < 1.29 is 0 Å². The molecule has 0 radical (unpaired) electrons. The van der Waals surface area contributed by atoms with Crippen LogP contribution in [0, 0.1) is 13.8 Å². The molecule has 0 aliphatic rings. The fourth-order valence-corrected chi connectivity index (χ4v) is 2.58. The number of nitrogens with zero attached hydrogens (tertiary/aromatic N) is 1. The average Bonchev–Trinajstić information content (AvgIpc) is 2.56. The number of aryl methyl sites for hydroxylation is 2. The molecule has 1 nitrogen and oxygen atoms in total. The van der Waals surface area contributed by atoms with Crippen molar-refractivity contribution in [3.63, 3.8) is 0 Å². The summed E-state index contributed by atoms with van der Waals surface area (Å²) in [6.45, 7) is 4.20. The minimum atomic E-state index is 1.22. The lowest BCUT2D eigenvalue weighted by atomic mass is 10.1. The number of benzene rings is 3. The highest BCUT2D eigenvalue weighted by molar-refractivity contribution is 5.84. The van der Waals surface area contributed by atoms with Crippen molar-refractivity contribution in [3.05, 3.63) is 90.3 Å². The second kappa shape index (κ2) is 6.40. The monoisotopic (exact) mass is 285 g/mol. The molecule has 0 atom stereocenters. The number of aromatic nitrogens is 1. The zero-order valence-corrected chi connectivity index (χ0v) is 13.0. The topological polar surface area (TPSA) is 12.9 Å². The van der Waals surface area contributed by atoms with Crippen molar-refractivity contribution in [2.75, 3.05) is 0 Å². The van der Waals surface area contributed by atoms with Crippen molar-refractivity contribution in [3.8, 4) is 0 Å². The van der Waals surface area contributed by atoms with Crippen molar-refractivity contribution >= 4 is 21.5 Å². The molecule has 1 aromatic heterocycles. The molecule has 0 N–H and O–H groups in total. The van der Waals surface area contributed by atoms with E-state index in [9.17, 15) is 0 Å². The van der Waals surface area contributed by atoms with Crippen LogP contribution in [0.25, 0.3) is 21.5 Å². The molecule has 0 fully saturated rings. The summed E-state index contributed by atoms with van der Waals surface area (Å²) in [7, 11) is 0. The highest BCUT2D eigenvalue weighted by atomic mass is 14.6. The largest absolute Gasteiger partial charge is 0.264 e. The summed E-state index contributed by atoms with van der Waals surface area (Å²) in [6.07, 6.45) is 3.78. The van der Waals surface area contributed by atoms with Crippen LogP contribution in [-0.2, 0) is 0 Å². The van der Waals surface area contributed by atoms with Crippen LogP contribution in [-0.4, -0.2) is 4.98 Å². The molecular formula is C21H19N. The molecule has 0 saturated heterocycles. The normalized spacial score (nSPS) is 10.3. The fraction of sp³-hybridized carbons (Fsp3) is 0.0952. The maximum Gasteiger partial charge on any atom is 0.0346 e. The highest BCUT2D eigenvalue weighted by Gasteiger charge is 1.93. The first-order chi connectivity index (χ1) is 10.7. The molecule has 0 spiro atoms. The van der Waals surface area contributed by atoms with Gasteiger partial charge in [0.25, 0.3) is 0 Å². The van der Waals surface area contributed by atoms with Gasteiger partial charge in [0.15, 0.2) is 0 Å². The fourth-order valence-electron chi connectivity index (χ4n) is 2.58. The molecule has 0 amide bonds. The van der Waals surface area contributed by atoms with Crippen molar-refractivity contribution in [2.45, 2.75) is 13.8 Å². The van der Waals surface area contributed by atoms with Crippen LogP contribution in [0.2, 0.25) is 0 Å². The number of hydrogen-bond donors (Lipinski definition) is 0. The molecule has 22 heavy (non-hydrogen) atoms. The second-order valence-corrected chi connectivity index (χ2v) is 5.53. The van der Waals surface area contributed by atoms with E-state index in [1.54, 1.807) is 0 Å². The zero-order valence-electron chi connectivity index (χ0n) is 13.0. The number of hydrogen-bond acceptors (Lipinski definition) is 1. The first-order valence-corrected chi connectivity index (χ1v) is 7.49. The molecule has 0 saturated carbocycles. The van der Waals surface area contributed by atoms with Gasteiger partial charge >= 0.3 is 0 Å². The molecule has 0 bridgehead atoms. The third-order valence-corrected chi connectivity index (χ3v) is 3.77. The smallest absolute Gasteiger partial charge is 0.0346 e. The van der Waals surface area contributed by atoms with Crippen LogP contribution in [0.5, 0.6) is 0 Å². The summed E-state index contributed by atoms with van der Waals surface area (Å²) in [5.41, 5.74) is 2.56. The molecule has 1 heteroatoms. The maximum atomic E-state index is 4.11. The Balaban J connectivity index is 0.000000131. The van der Waals surface area contributed by atoms with Gasteiger partial charge in [-0.2, -0.15) is 0 Å². The van der Waals surface area contributed by atoms with Crippen molar-refractivity contribution in [1.29, 1.82) is 0 Å². The Labute approximate surface area is 131 Å². The minimum absolute atomic E-state index is 1.22. The summed E-state index contributed by atoms with van der Waals surface area (Å²) in [6, 6.07) is 23.2. The van der Waals surface area contributed by atoms with Gasteiger partial charge < -0.3 is 0 Å². The van der Waals surface area contributed by atoms with Crippen molar-refractivity contribution in [2.24, 2.45) is 0 Å². The Bertz CT molecular complexity index is 898. The molecule has 0 aliphatic carbocycles. The number of rotatable bonds is 0. The zero-order chi connectivity index (χ0) is 15.4. The van der Waals surface area contributed by atoms with E-state index in [1.165, 1.54) is 32.7 Å². The van der Waals surface area contributed by atoms with E-state index >= 15 is 0 Å². The van der Waals surface area contributed by atoms with Gasteiger partial charge in [-0.1, -0.05) is 72.3 Å². The van der Waals surface area contributed by atoms with Crippen LogP contribution in [0.3, 0.4) is 0 Å². The Morgan fingerprint density at radius 3 is 2.09 bits per heavy atom. The second-order valence-electron chi connectivity index (χ2n) is 5.53. The minimum Gasteiger partial charge on any atom is -0.264 e.